The van der Waals surface area contributed by atoms with E-state index in [0.717, 1.165) is 19.3 Å². The number of ether oxygens (including phenoxy) is 3. The highest BCUT2D eigenvalue weighted by Crippen LogP contribution is 2.23. The Morgan fingerprint density at radius 2 is 1.65 bits per heavy atom. The summed E-state index contributed by atoms with van der Waals surface area (Å²) in [5.41, 5.74) is 0.167. The third-order valence-electron chi connectivity index (χ3n) is 2.66. The van der Waals surface area contributed by atoms with E-state index in [2.05, 4.69) is 6.92 Å². The molecule has 0 atom stereocenters. The van der Waals surface area contributed by atoms with Crippen molar-refractivity contribution >= 4 is 5.97 Å². The maximum absolute atomic E-state index is 11.1. The molecule has 5 heteroatoms. The summed E-state index contributed by atoms with van der Waals surface area (Å²) in [7, 11) is 1.63. The summed E-state index contributed by atoms with van der Waals surface area (Å²) in [6.45, 7) is 3.73. The van der Waals surface area contributed by atoms with Crippen LogP contribution in [0.4, 0.5) is 0 Å². The van der Waals surface area contributed by atoms with E-state index in [1.165, 1.54) is 12.1 Å². The van der Waals surface area contributed by atoms with E-state index in [4.69, 9.17) is 19.3 Å². The highest BCUT2D eigenvalue weighted by atomic mass is 16.5. The fourth-order valence-electron chi connectivity index (χ4n) is 1.59. The lowest BCUT2D eigenvalue weighted by atomic mass is 10.2. The van der Waals surface area contributed by atoms with Gasteiger partial charge in [0.15, 0.2) is 0 Å². The molecule has 0 saturated heterocycles. The monoisotopic (exact) mass is 282 g/mol. The van der Waals surface area contributed by atoms with Crippen LogP contribution in [0, 0.1) is 0 Å². The van der Waals surface area contributed by atoms with Crippen molar-refractivity contribution in [2.24, 2.45) is 0 Å². The van der Waals surface area contributed by atoms with Crippen LogP contribution in [0.15, 0.2) is 18.2 Å². The Kier molecular flexibility index (Phi) is 7.50. The average Bonchev–Trinajstić information content (AvgIpc) is 2.44. The van der Waals surface area contributed by atoms with Crippen LogP contribution in [0.2, 0.25) is 0 Å². The Morgan fingerprint density at radius 1 is 1.05 bits per heavy atom. The number of aromatic carboxylic acids is 1. The number of carboxylic acid groups (broad SMARTS) is 1. The predicted molar refractivity (Wildman–Crippen MR) is 75.8 cm³/mol. The van der Waals surface area contributed by atoms with Crippen LogP contribution in [0.3, 0.4) is 0 Å². The number of carbonyl (C=O) groups is 1. The number of methoxy groups -OCH3 is 1. The maximum atomic E-state index is 11.1. The summed E-state index contributed by atoms with van der Waals surface area (Å²) in [5.74, 6) is 0.0419. The van der Waals surface area contributed by atoms with Gasteiger partial charge < -0.3 is 19.3 Å². The van der Waals surface area contributed by atoms with Gasteiger partial charge >= 0.3 is 5.97 Å². The van der Waals surface area contributed by atoms with Gasteiger partial charge in [-0.1, -0.05) is 13.3 Å². The number of hydrogen-bond acceptors (Lipinski definition) is 4. The molecular formula is C15H22O5. The lowest BCUT2D eigenvalue weighted by Crippen LogP contribution is -2.04. The third kappa shape index (κ3) is 5.93. The van der Waals surface area contributed by atoms with Gasteiger partial charge in [0.25, 0.3) is 0 Å². The van der Waals surface area contributed by atoms with Crippen LogP contribution in [0.1, 0.15) is 36.5 Å². The molecule has 1 N–H and O–H groups in total. The van der Waals surface area contributed by atoms with Crippen molar-refractivity contribution in [3.8, 4) is 11.5 Å². The van der Waals surface area contributed by atoms with Crippen LogP contribution in [0.25, 0.3) is 0 Å². The van der Waals surface area contributed by atoms with Crippen molar-refractivity contribution < 1.29 is 24.1 Å². The first-order chi connectivity index (χ1) is 9.67. The molecule has 0 amide bonds. The summed E-state index contributed by atoms with van der Waals surface area (Å²) in [4.78, 5) is 11.1. The van der Waals surface area contributed by atoms with Gasteiger partial charge in [-0.05, 0) is 18.6 Å². The fraction of sp³-hybridized carbons (Fsp3) is 0.533. The molecule has 0 aliphatic rings. The van der Waals surface area contributed by atoms with Crippen LogP contribution in [-0.2, 0) is 4.74 Å². The minimum atomic E-state index is -0.993. The van der Waals surface area contributed by atoms with Crippen LogP contribution >= 0.6 is 0 Å². The van der Waals surface area contributed by atoms with E-state index >= 15 is 0 Å². The van der Waals surface area contributed by atoms with Gasteiger partial charge in [0.05, 0.1) is 18.8 Å². The predicted octanol–water partition coefficient (Wildman–Crippen LogP) is 2.98. The molecule has 0 aliphatic carbocycles. The molecule has 0 fully saturated rings. The van der Waals surface area contributed by atoms with Crippen molar-refractivity contribution in [3.63, 3.8) is 0 Å². The molecule has 5 nitrogen and oxygen atoms in total. The minimum Gasteiger partial charge on any atom is -0.493 e. The summed E-state index contributed by atoms with van der Waals surface area (Å²) in [6, 6.07) is 4.73. The lowest BCUT2D eigenvalue weighted by molar-refractivity contribution is 0.0695. The van der Waals surface area contributed by atoms with Crippen LogP contribution in [0.5, 0.6) is 11.5 Å². The van der Waals surface area contributed by atoms with E-state index in [0.29, 0.717) is 31.3 Å². The zero-order valence-corrected chi connectivity index (χ0v) is 12.1. The van der Waals surface area contributed by atoms with Crippen molar-refractivity contribution in [1.29, 1.82) is 0 Å². The first-order valence-corrected chi connectivity index (χ1v) is 6.80. The van der Waals surface area contributed by atoms with E-state index in [1.54, 1.807) is 13.2 Å². The summed E-state index contributed by atoms with van der Waals surface area (Å²) in [5, 5.41) is 9.08. The molecule has 0 spiro atoms. The summed E-state index contributed by atoms with van der Waals surface area (Å²) in [6.07, 6.45) is 2.71. The Labute approximate surface area is 119 Å². The molecule has 0 saturated carbocycles. The first-order valence-electron chi connectivity index (χ1n) is 6.80. The van der Waals surface area contributed by atoms with Gasteiger partial charge in [-0.25, -0.2) is 4.79 Å². The van der Waals surface area contributed by atoms with Gasteiger partial charge in [0, 0.05) is 26.2 Å². The molecule has 112 valence electrons. The van der Waals surface area contributed by atoms with Crippen LogP contribution < -0.4 is 9.47 Å². The molecule has 0 unspecified atom stereocenters. The molecule has 1 aromatic carbocycles. The molecular weight excluding hydrogens is 260 g/mol. The topological polar surface area (TPSA) is 65.0 Å². The Bertz CT molecular complexity index is 417. The third-order valence-corrected chi connectivity index (χ3v) is 2.66. The van der Waals surface area contributed by atoms with Gasteiger partial charge in [-0.15, -0.1) is 0 Å². The second-order valence-corrected chi connectivity index (χ2v) is 4.40. The molecule has 0 radical (unpaired) electrons. The maximum Gasteiger partial charge on any atom is 0.335 e. The Hall–Kier alpha value is -1.75. The summed E-state index contributed by atoms with van der Waals surface area (Å²) >= 11 is 0. The quantitative estimate of drug-likeness (QED) is 0.668. The lowest BCUT2D eigenvalue weighted by Gasteiger charge is -2.11. The zero-order chi connectivity index (χ0) is 14.8. The smallest absolute Gasteiger partial charge is 0.335 e. The largest absolute Gasteiger partial charge is 0.493 e. The van der Waals surface area contributed by atoms with Crippen molar-refractivity contribution in [3.05, 3.63) is 23.8 Å². The van der Waals surface area contributed by atoms with Crippen molar-refractivity contribution in [2.45, 2.75) is 26.2 Å². The first kappa shape index (κ1) is 16.3. The SMILES string of the molecule is CCCCOc1cc(OCCCOC)cc(C(=O)O)c1. The Balaban J connectivity index is 2.68. The van der Waals surface area contributed by atoms with Gasteiger partial charge in [0.2, 0.25) is 0 Å². The van der Waals surface area contributed by atoms with E-state index < -0.39 is 5.97 Å². The Morgan fingerprint density at radius 3 is 2.15 bits per heavy atom. The second kappa shape index (κ2) is 9.20. The van der Waals surface area contributed by atoms with Gasteiger partial charge in [-0.3, -0.25) is 0 Å². The van der Waals surface area contributed by atoms with Crippen LogP contribution in [-0.4, -0.2) is 38.0 Å². The standard InChI is InChI=1S/C15H22O5/c1-3-4-7-19-13-9-12(15(16)17)10-14(11-13)20-8-5-6-18-2/h9-11H,3-8H2,1-2H3,(H,16,17). The summed E-state index contributed by atoms with van der Waals surface area (Å²) < 4.78 is 16.0. The molecule has 0 bridgehead atoms. The number of carboxylic acids is 1. The fourth-order valence-corrected chi connectivity index (χ4v) is 1.59. The molecule has 0 aliphatic heterocycles. The number of unbranched alkanes of at least 4 members (excludes halogenated alkanes) is 1. The van der Waals surface area contributed by atoms with Crippen molar-refractivity contribution in [1.82, 2.24) is 0 Å². The highest BCUT2D eigenvalue weighted by Gasteiger charge is 2.09. The molecule has 0 aromatic heterocycles. The van der Waals surface area contributed by atoms with Crippen molar-refractivity contribution in [2.75, 3.05) is 26.9 Å². The van der Waals surface area contributed by atoms with Gasteiger partial charge in [0.1, 0.15) is 11.5 Å². The normalized spacial score (nSPS) is 10.3. The average molecular weight is 282 g/mol. The number of rotatable bonds is 10. The number of benzene rings is 1. The van der Waals surface area contributed by atoms with E-state index in [1.807, 2.05) is 0 Å². The second-order valence-electron chi connectivity index (χ2n) is 4.40. The molecule has 0 heterocycles. The minimum absolute atomic E-state index is 0.167. The van der Waals surface area contributed by atoms with Gasteiger partial charge in [-0.2, -0.15) is 0 Å². The molecule has 1 aromatic rings. The highest BCUT2D eigenvalue weighted by molar-refractivity contribution is 5.88. The molecule has 1 rings (SSSR count). The zero-order valence-electron chi connectivity index (χ0n) is 12.1. The van der Waals surface area contributed by atoms with E-state index in [-0.39, 0.29) is 5.56 Å². The number of hydrogen-bond donors (Lipinski definition) is 1. The van der Waals surface area contributed by atoms with E-state index in [9.17, 15) is 4.79 Å². The molecule has 20 heavy (non-hydrogen) atoms.